The van der Waals surface area contributed by atoms with E-state index in [1.165, 1.54) is 0 Å². The number of hydrogen-bond donors (Lipinski definition) is 1. The summed E-state index contributed by atoms with van der Waals surface area (Å²) < 4.78 is 5.75. The molecular formula is C17H17ClN2O3. The quantitative estimate of drug-likeness (QED) is 0.575. The van der Waals surface area contributed by atoms with E-state index in [0.29, 0.717) is 47.1 Å². The van der Waals surface area contributed by atoms with Gasteiger partial charge < -0.3 is 15.1 Å². The molecule has 0 spiro atoms. The zero-order valence-electron chi connectivity index (χ0n) is 12.4. The van der Waals surface area contributed by atoms with Crippen molar-refractivity contribution in [3.05, 3.63) is 52.7 Å². The number of amides is 1. The van der Waals surface area contributed by atoms with E-state index < -0.39 is 0 Å². The second-order valence-electron chi connectivity index (χ2n) is 5.05. The number of nitrogens with zero attached hydrogens (tertiary/aromatic N) is 1. The van der Waals surface area contributed by atoms with Gasteiger partial charge in [-0.05, 0) is 43.3 Å². The Morgan fingerprint density at radius 1 is 1.09 bits per heavy atom. The molecule has 2 aromatic carbocycles. The Morgan fingerprint density at radius 2 is 1.83 bits per heavy atom. The fraction of sp³-hybridized carbons (Fsp3) is 0.176. The molecule has 0 fully saturated rings. The van der Waals surface area contributed by atoms with E-state index in [-0.39, 0.29) is 17.8 Å². The lowest BCUT2D eigenvalue weighted by atomic mass is 10.1. The van der Waals surface area contributed by atoms with E-state index in [4.69, 9.17) is 10.2 Å². The van der Waals surface area contributed by atoms with Crippen molar-refractivity contribution >= 4 is 46.4 Å². The SMILES string of the molecule is Cl.NCCCN(C=O)c1ccc2oc3ccccc3c(=O)c2c1. The maximum Gasteiger partial charge on any atom is 0.214 e. The minimum absolute atomic E-state index is 0. The molecule has 1 amide bonds. The molecule has 2 N–H and O–H groups in total. The first-order chi connectivity index (χ1) is 10.7. The summed E-state index contributed by atoms with van der Waals surface area (Å²) in [5.74, 6) is 0. The Kier molecular flexibility index (Phi) is 5.36. The van der Waals surface area contributed by atoms with Crippen LogP contribution in [-0.4, -0.2) is 19.5 Å². The van der Waals surface area contributed by atoms with Crippen molar-refractivity contribution in [3.63, 3.8) is 0 Å². The van der Waals surface area contributed by atoms with Gasteiger partial charge in [-0.15, -0.1) is 12.4 Å². The molecule has 0 bridgehead atoms. The predicted molar refractivity (Wildman–Crippen MR) is 94.3 cm³/mol. The zero-order chi connectivity index (χ0) is 15.5. The van der Waals surface area contributed by atoms with Crippen LogP contribution in [-0.2, 0) is 4.79 Å². The molecule has 0 aliphatic rings. The lowest BCUT2D eigenvalue weighted by Crippen LogP contribution is -2.24. The van der Waals surface area contributed by atoms with Crippen molar-refractivity contribution in [2.75, 3.05) is 18.0 Å². The number of carbonyl (C=O) groups excluding carboxylic acids is 1. The second kappa shape index (κ2) is 7.26. The number of carbonyl (C=O) groups is 1. The van der Waals surface area contributed by atoms with Crippen molar-refractivity contribution < 1.29 is 9.21 Å². The van der Waals surface area contributed by atoms with Gasteiger partial charge in [0.15, 0.2) is 0 Å². The van der Waals surface area contributed by atoms with Crippen molar-refractivity contribution in [2.45, 2.75) is 6.42 Å². The zero-order valence-corrected chi connectivity index (χ0v) is 13.2. The molecule has 0 unspecified atom stereocenters. The molecule has 3 rings (SSSR count). The van der Waals surface area contributed by atoms with Crippen LogP contribution in [0.4, 0.5) is 5.69 Å². The minimum Gasteiger partial charge on any atom is -0.456 e. The molecule has 1 heterocycles. The van der Waals surface area contributed by atoms with Crippen molar-refractivity contribution in [1.82, 2.24) is 0 Å². The monoisotopic (exact) mass is 332 g/mol. The lowest BCUT2D eigenvalue weighted by molar-refractivity contribution is -0.107. The van der Waals surface area contributed by atoms with Crippen LogP contribution in [0, 0.1) is 0 Å². The van der Waals surface area contributed by atoms with E-state index in [9.17, 15) is 9.59 Å². The minimum atomic E-state index is -0.0941. The molecular weight excluding hydrogens is 316 g/mol. The molecule has 1 aromatic heterocycles. The summed E-state index contributed by atoms with van der Waals surface area (Å²) in [4.78, 5) is 25.3. The van der Waals surface area contributed by atoms with Crippen LogP contribution in [0.5, 0.6) is 0 Å². The Bertz CT molecular complexity index is 892. The average Bonchev–Trinajstić information content (AvgIpc) is 2.56. The summed E-state index contributed by atoms with van der Waals surface area (Å²) in [6.07, 6.45) is 1.45. The lowest BCUT2D eigenvalue weighted by Gasteiger charge is -2.17. The van der Waals surface area contributed by atoms with Crippen LogP contribution in [0.1, 0.15) is 6.42 Å². The van der Waals surface area contributed by atoms with Crippen LogP contribution in [0.2, 0.25) is 0 Å². The van der Waals surface area contributed by atoms with E-state index in [1.807, 2.05) is 6.07 Å². The second-order valence-corrected chi connectivity index (χ2v) is 5.05. The van der Waals surface area contributed by atoms with Gasteiger partial charge in [-0.1, -0.05) is 12.1 Å². The molecule has 0 saturated heterocycles. The number of hydrogen-bond acceptors (Lipinski definition) is 4. The molecule has 6 heteroatoms. The third-order valence-electron chi connectivity index (χ3n) is 3.62. The number of nitrogens with two attached hydrogens (primary N) is 1. The maximum atomic E-state index is 12.6. The van der Waals surface area contributed by atoms with Crippen LogP contribution in [0.15, 0.2) is 51.7 Å². The highest BCUT2D eigenvalue weighted by Crippen LogP contribution is 2.23. The summed E-state index contributed by atoms with van der Waals surface area (Å²) in [5.41, 5.74) is 7.12. The summed E-state index contributed by atoms with van der Waals surface area (Å²) in [5, 5.41) is 1.00. The summed E-state index contributed by atoms with van der Waals surface area (Å²) in [6.45, 7) is 1.02. The Morgan fingerprint density at radius 3 is 2.57 bits per heavy atom. The van der Waals surface area contributed by atoms with Crippen LogP contribution in [0.25, 0.3) is 21.9 Å². The highest BCUT2D eigenvalue weighted by atomic mass is 35.5. The fourth-order valence-electron chi connectivity index (χ4n) is 2.47. The third-order valence-corrected chi connectivity index (χ3v) is 3.62. The van der Waals surface area contributed by atoms with Gasteiger partial charge >= 0.3 is 0 Å². The van der Waals surface area contributed by atoms with Gasteiger partial charge in [0.25, 0.3) is 0 Å². The molecule has 0 radical (unpaired) electrons. The number of rotatable bonds is 5. The third kappa shape index (κ3) is 3.21. The van der Waals surface area contributed by atoms with E-state index >= 15 is 0 Å². The molecule has 120 valence electrons. The van der Waals surface area contributed by atoms with Crippen LogP contribution < -0.4 is 16.1 Å². The number of halogens is 1. The molecule has 0 aliphatic carbocycles. The van der Waals surface area contributed by atoms with Crippen molar-refractivity contribution in [3.8, 4) is 0 Å². The summed E-state index contributed by atoms with van der Waals surface area (Å²) >= 11 is 0. The number of benzene rings is 2. The van der Waals surface area contributed by atoms with Gasteiger partial charge in [0, 0.05) is 12.2 Å². The fourth-order valence-corrected chi connectivity index (χ4v) is 2.47. The normalized spacial score (nSPS) is 10.5. The van der Waals surface area contributed by atoms with Gasteiger partial charge in [0.05, 0.1) is 10.8 Å². The van der Waals surface area contributed by atoms with Gasteiger partial charge in [0.1, 0.15) is 11.2 Å². The van der Waals surface area contributed by atoms with Crippen LogP contribution in [0.3, 0.4) is 0 Å². The van der Waals surface area contributed by atoms with Crippen molar-refractivity contribution in [2.24, 2.45) is 5.73 Å². The Labute approximate surface area is 139 Å². The summed E-state index contributed by atoms with van der Waals surface area (Å²) in [7, 11) is 0. The summed E-state index contributed by atoms with van der Waals surface area (Å²) in [6, 6.07) is 12.3. The molecule has 5 nitrogen and oxygen atoms in total. The molecule has 3 aromatic rings. The van der Waals surface area contributed by atoms with Crippen molar-refractivity contribution in [1.29, 1.82) is 0 Å². The van der Waals surface area contributed by atoms with Gasteiger partial charge in [-0.2, -0.15) is 0 Å². The van der Waals surface area contributed by atoms with E-state index in [2.05, 4.69) is 0 Å². The number of fused-ring (bicyclic) bond motifs is 2. The standard InChI is InChI=1S/C17H16N2O3.ClH/c18-8-3-9-19(11-20)12-6-7-16-14(10-12)17(21)13-4-1-2-5-15(13)22-16;/h1-2,4-7,10-11H,3,8-9,18H2;1H. The highest BCUT2D eigenvalue weighted by Gasteiger charge is 2.11. The van der Waals surface area contributed by atoms with Gasteiger partial charge in [0.2, 0.25) is 11.8 Å². The number of anilines is 1. The first-order valence-electron chi connectivity index (χ1n) is 7.12. The highest BCUT2D eigenvalue weighted by molar-refractivity contribution is 5.92. The maximum absolute atomic E-state index is 12.6. The van der Waals surface area contributed by atoms with Gasteiger partial charge in [-0.3, -0.25) is 9.59 Å². The van der Waals surface area contributed by atoms with E-state index in [0.717, 1.165) is 6.41 Å². The topological polar surface area (TPSA) is 76.5 Å². The largest absolute Gasteiger partial charge is 0.456 e. The first-order valence-corrected chi connectivity index (χ1v) is 7.12. The smallest absolute Gasteiger partial charge is 0.214 e. The Hall–Kier alpha value is -2.37. The first kappa shape index (κ1) is 17.0. The molecule has 0 aliphatic heterocycles. The molecule has 23 heavy (non-hydrogen) atoms. The van der Waals surface area contributed by atoms with Gasteiger partial charge in [-0.25, -0.2) is 0 Å². The number of para-hydroxylation sites is 1. The van der Waals surface area contributed by atoms with Crippen LogP contribution >= 0.6 is 12.4 Å². The molecule has 0 atom stereocenters. The van der Waals surface area contributed by atoms with E-state index in [1.54, 1.807) is 41.3 Å². The molecule has 0 saturated carbocycles. The predicted octanol–water partition coefficient (Wildman–Crippen LogP) is 2.68. The Balaban J connectivity index is 0.00000192. The average molecular weight is 333 g/mol.